The fraction of sp³-hybridized carbons (Fsp3) is 0.136. The molecule has 0 saturated carbocycles. The number of ether oxygens (including phenoxy) is 1. The second kappa shape index (κ2) is 7.67. The van der Waals surface area contributed by atoms with E-state index in [1.54, 1.807) is 19.1 Å². The lowest BCUT2D eigenvalue weighted by Gasteiger charge is -2.25. The maximum Gasteiger partial charge on any atom is 0.238 e. The van der Waals surface area contributed by atoms with Gasteiger partial charge < -0.3 is 9.64 Å². The molecule has 0 radical (unpaired) electrons. The standard InChI is InChI=1S/C22H21NO2/c1-23(19-14-9-15-20(16-19)25-2)22(24)21(17-10-5-3-6-11-17)18-12-7-4-8-13-18/h3-16,21H,1-2H3. The van der Waals surface area contributed by atoms with Crippen molar-refractivity contribution in [3.63, 3.8) is 0 Å². The Hall–Kier alpha value is -3.07. The van der Waals surface area contributed by atoms with Gasteiger partial charge in [0, 0.05) is 18.8 Å². The Bertz CT molecular complexity index is 791. The molecule has 0 heterocycles. The Morgan fingerprint density at radius 1 is 0.840 bits per heavy atom. The molecule has 0 aliphatic carbocycles. The van der Waals surface area contributed by atoms with E-state index < -0.39 is 0 Å². The first-order valence-corrected chi connectivity index (χ1v) is 8.22. The molecule has 0 unspecified atom stereocenters. The zero-order valence-electron chi connectivity index (χ0n) is 14.4. The van der Waals surface area contributed by atoms with E-state index in [0.29, 0.717) is 0 Å². The van der Waals surface area contributed by atoms with Crippen molar-refractivity contribution < 1.29 is 9.53 Å². The van der Waals surface area contributed by atoms with Crippen molar-refractivity contribution in [1.82, 2.24) is 0 Å². The van der Waals surface area contributed by atoms with Crippen LogP contribution in [0.2, 0.25) is 0 Å². The van der Waals surface area contributed by atoms with E-state index in [2.05, 4.69) is 0 Å². The highest BCUT2D eigenvalue weighted by molar-refractivity contribution is 5.99. The lowest BCUT2D eigenvalue weighted by atomic mass is 9.90. The number of carbonyl (C=O) groups excluding carboxylic acids is 1. The van der Waals surface area contributed by atoms with Crippen LogP contribution in [0.1, 0.15) is 17.0 Å². The number of rotatable bonds is 5. The van der Waals surface area contributed by atoms with Crippen LogP contribution in [-0.4, -0.2) is 20.1 Å². The SMILES string of the molecule is COc1cccc(N(C)C(=O)C(c2ccccc2)c2ccccc2)c1. The van der Waals surface area contributed by atoms with Crippen molar-refractivity contribution in [3.05, 3.63) is 96.1 Å². The summed E-state index contributed by atoms with van der Waals surface area (Å²) in [4.78, 5) is 15.0. The molecule has 25 heavy (non-hydrogen) atoms. The number of benzene rings is 3. The number of amides is 1. The zero-order chi connectivity index (χ0) is 17.6. The molecule has 3 aromatic rings. The molecule has 0 aliphatic heterocycles. The highest BCUT2D eigenvalue weighted by Gasteiger charge is 2.26. The second-order valence-electron chi connectivity index (χ2n) is 5.85. The van der Waals surface area contributed by atoms with Gasteiger partial charge in [-0.3, -0.25) is 4.79 Å². The molecule has 3 nitrogen and oxygen atoms in total. The van der Waals surface area contributed by atoms with E-state index in [1.807, 2.05) is 84.9 Å². The normalized spacial score (nSPS) is 10.5. The predicted octanol–water partition coefficient (Wildman–Crippen LogP) is 4.49. The van der Waals surface area contributed by atoms with E-state index in [0.717, 1.165) is 22.6 Å². The molecule has 0 aromatic heterocycles. The van der Waals surface area contributed by atoms with Crippen LogP contribution in [0.25, 0.3) is 0 Å². The van der Waals surface area contributed by atoms with Gasteiger partial charge in [0.1, 0.15) is 5.75 Å². The van der Waals surface area contributed by atoms with E-state index in [-0.39, 0.29) is 11.8 Å². The average molecular weight is 331 g/mol. The van der Waals surface area contributed by atoms with Crippen LogP contribution in [0.5, 0.6) is 5.75 Å². The summed E-state index contributed by atoms with van der Waals surface area (Å²) in [6.07, 6.45) is 0. The van der Waals surface area contributed by atoms with Gasteiger partial charge in [0.05, 0.1) is 13.0 Å². The maximum absolute atomic E-state index is 13.3. The van der Waals surface area contributed by atoms with Crippen molar-refractivity contribution in [2.75, 3.05) is 19.1 Å². The van der Waals surface area contributed by atoms with Crippen LogP contribution in [0.3, 0.4) is 0 Å². The van der Waals surface area contributed by atoms with Gasteiger partial charge in [-0.25, -0.2) is 0 Å². The molecule has 3 aromatic carbocycles. The van der Waals surface area contributed by atoms with Gasteiger partial charge in [0.2, 0.25) is 5.91 Å². The lowest BCUT2D eigenvalue weighted by Crippen LogP contribution is -2.32. The topological polar surface area (TPSA) is 29.5 Å². The first-order valence-electron chi connectivity index (χ1n) is 8.22. The quantitative estimate of drug-likeness (QED) is 0.689. The number of nitrogens with zero attached hydrogens (tertiary/aromatic N) is 1. The highest BCUT2D eigenvalue weighted by atomic mass is 16.5. The lowest BCUT2D eigenvalue weighted by molar-refractivity contribution is -0.118. The molecule has 0 N–H and O–H groups in total. The van der Waals surface area contributed by atoms with E-state index in [9.17, 15) is 4.79 Å². The summed E-state index contributed by atoms with van der Waals surface area (Å²) in [5.74, 6) is 0.400. The molecular formula is C22H21NO2. The minimum Gasteiger partial charge on any atom is -0.497 e. The third-order valence-corrected chi connectivity index (χ3v) is 4.28. The van der Waals surface area contributed by atoms with Crippen LogP contribution in [0.15, 0.2) is 84.9 Å². The molecule has 1 amide bonds. The Morgan fingerprint density at radius 3 is 1.92 bits per heavy atom. The zero-order valence-corrected chi connectivity index (χ0v) is 14.4. The van der Waals surface area contributed by atoms with E-state index >= 15 is 0 Å². The predicted molar refractivity (Wildman–Crippen MR) is 101 cm³/mol. The van der Waals surface area contributed by atoms with Gasteiger partial charge in [-0.15, -0.1) is 0 Å². The van der Waals surface area contributed by atoms with Gasteiger partial charge >= 0.3 is 0 Å². The Labute approximate surface area is 148 Å². The largest absolute Gasteiger partial charge is 0.497 e. The van der Waals surface area contributed by atoms with E-state index in [1.165, 1.54) is 0 Å². The number of hydrogen-bond acceptors (Lipinski definition) is 2. The van der Waals surface area contributed by atoms with Crippen LogP contribution in [-0.2, 0) is 4.79 Å². The van der Waals surface area contributed by atoms with Crippen LogP contribution >= 0.6 is 0 Å². The summed E-state index contributed by atoms with van der Waals surface area (Å²) in [6, 6.07) is 27.3. The van der Waals surface area contributed by atoms with Crippen LogP contribution in [0, 0.1) is 0 Å². The molecule has 0 spiro atoms. The summed E-state index contributed by atoms with van der Waals surface area (Å²) in [6.45, 7) is 0. The monoisotopic (exact) mass is 331 g/mol. The summed E-state index contributed by atoms with van der Waals surface area (Å²) in [5.41, 5.74) is 2.77. The summed E-state index contributed by atoms with van der Waals surface area (Å²) >= 11 is 0. The summed E-state index contributed by atoms with van der Waals surface area (Å²) in [5, 5.41) is 0. The summed E-state index contributed by atoms with van der Waals surface area (Å²) < 4.78 is 5.28. The third kappa shape index (κ3) is 3.72. The fourth-order valence-electron chi connectivity index (χ4n) is 2.91. The van der Waals surface area contributed by atoms with Gasteiger partial charge in [-0.1, -0.05) is 66.7 Å². The van der Waals surface area contributed by atoms with Crippen LogP contribution in [0.4, 0.5) is 5.69 Å². The fourth-order valence-corrected chi connectivity index (χ4v) is 2.91. The number of likely N-dealkylation sites (N-methyl/N-ethyl adjacent to an activating group) is 1. The van der Waals surface area contributed by atoms with Gasteiger partial charge in [0.25, 0.3) is 0 Å². The smallest absolute Gasteiger partial charge is 0.238 e. The molecule has 0 saturated heterocycles. The first kappa shape index (κ1) is 16.8. The van der Waals surface area contributed by atoms with E-state index in [4.69, 9.17) is 4.74 Å². The molecular weight excluding hydrogens is 310 g/mol. The number of methoxy groups -OCH3 is 1. The Kier molecular flexibility index (Phi) is 5.14. The first-order chi connectivity index (χ1) is 12.2. The number of carbonyl (C=O) groups is 1. The average Bonchev–Trinajstić information content (AvgIpc) is 2.69. The number of anilines is 1. The molecule has 0 bridgehead atoms. The third-order valence-electron chi connectivity index (χ3n) is 4.28. The highest BCUT2D eigenvalue weighted by Crippen LogP contribution is 2.29. The minimum atomic E-state index is -0.349. The van der Waals surface area contributed by atoms with Crippen molar-refractivity contribution in [1.29, 1.82) is 0 Å². The molecule has 3 rings (SSSR count). The van der Waals surface area contributed by atoms with Crippen molar-refractivity contribution in [3.8, 4) is 5.75 Å². The molecule has 0 aliphatic rings. The Morgan fingerprint density at radius 2 is 1.40 bits per heavy atom. The maximum atomic E-state index is 13.3. The van der Waals surface area contributed by atoms with Crippen molar-refractivity contribution >= 4 is 11.6 Å². The Balaban J connectivity index is 1.99. The molecule has 3 heteroatoms. The van der Waals surface area contributed by atoms with Crippen molar-refractivity contribution in [2.45, 2.75) is 5.92 Å². The van der Waals surface area contributed by atoms with Crippen LogP contribution < -0.4 is 9.64 Å². The molecule has 0 atom stereocenters. The van der Waals surface area contributed by atoms with Gasteiger partial charge in [-0.05, 0) is 23.3 Å². The van der Waals surface area contributed by atoms with Gasteiger partial charge in [0.15, 0.2) is 0 Å². The molecule has 0 fully saturated rings. The summed E-state index contributed by atoms with van der Waals surface area (Å²) in [7, 11) is 3.42. The van der Waals surface area contributed by atoms with Gasteiger partial charge in [-0.2, -0.15) is 0 Å². The second-order valence-corrected chi connectivity index (χ2v) is 5.85. The van der Waals surface area contributed by atoms with Crippen molar-refractivity contribution in [2.24, 2.45) is 0 Å². The molecule has 126 valence electrons. The minimum absolute atomic E-state index is 0.0191. The number of hydrogen-bond donors (Lipinski definition) is 0.